The van der Waals surface area contributed by atoms with Crippen molar-refractivity contribution in [3.8, 4) is 5.75 Å². The average molecular weight is 318 g/mol. The molecule has 2 atom stereocenters. The minimum Gasteiger partial charge on any atom is -0.482 e. The van der Waals surface area contributed by atoms with E-state index in [0.717, 1.165) is 25.1 Å². The Morgan fingerprint density at radius 3 is 3.04 bits per heavy atom. The fraction of sp³-hybridized carbons (Fsp3) is 0.529. The number of fused-ring (bicyclic) bond motifs is 1. The van der Waals surface area contributed by atoms with Crippen molar-refractivity contribution >= 4 is 17.5 Å². The molecular formula is C17H22N2O4. The number of nitrogens with zero attached hydrogens (tertiary/aromatic N) is 1. The second-order valence-electron chi connectivity index (χ2n) is 5.96. The van der Waals surface area contributed by atoms with Gasteiger partial charge in [0.1, 0.15) is 5.75 Å². The van der Waals surface area contributed by atoms with Crippen molar-refractivity contribution in [3.05, 3.63) is 24.3 Å². The highest BCUT2D eigenvalue weighted by Gasteiger charge is 2.27. The third-order valence-electron chi connectivity index (χ3n) is 4.28. The summed E-state index contributed by atoms with van der Waals surface area (Å²) in [5.74, 6) is 0.494. The standard InChI is InChI=1S/C17H22N2O4/c1-12(14-7-4-10-22-14)18-16(20)8-9-19-13-5-2-3-6-15(13)23-11-17(19)21/h2-3,5-6,12,14H,4,7-11H2,1H3,(H,18,20). The lowest BCUT2D eigenvalue weighted by Crippen LogP contribution is -2.44. The van der Waals surface area contributed by atoms with Crippen LogP contribution in [0.15, 0.2) is 24.3 Å². The van der Waals surface area contributed by atoms with Crippen molar-refractivity contribution in [3.63, 3.8) is 0 Å². The van der Waals surface area contributed by atoms with Crippen LogP contribution in [-0.4, -0.2) is 43.7 Å². The van der Waals surface area contributed by atoms with Gasteiger partial charge < -0.3 is 19.7 Å². The number of nitrogens with one attached hydrogen (secondary N) is 1. The zero-order valence-electron chi connectivity index (χ0n) is 13.3. The topological polar surface area (TPSA) is 67.9 Å². The highest BCUT2D eigenvalue weighted by molar-refractivity contribution is 5.98. The molecule has 1 aromatic carbocycles. The maximum absolute atomic E-state index is 12.1. The molecule has 1 saturated heterocycles. The Labute approximate surface area is 135 Å². The van der Waals surface area contributed by atoms with Crippen molar-refractivity contribution in [2.24, 2.45) is 0 Å². The fourth-order valence-electron chi connectivity index (χ4n) is 3.03. The Balaban J connectivity index is 1.55. The largest absolute Gasteiger partial charge is 0.482 e. The first-order valence-corrected chi connectivity index (χ1v) is 8.08. The second kappa shape index (κ2) is 7.00. The summed E-state index contributed by atoms with van der Waals surface area (Å²) in [5, 5.41) is 2.97. The van der Waals surface area contributed by atoms with Crippen LogP contribution in [0.2, 0.25) is 0 Å². The van der Waals surface area contributed by atoms with E-state index in [0.29, 0.717) is 12.3 Å². The molecule has 6 nitrogen and oxygen atoms in total. The smallest absolute Gasteiger partial charge is 0.265 e. The van der Waals surface area contributed by atoms with E-state index in [9.17, 15) is 9.59 Å². The number of rotatable bonds is 5. The number of carbonyl (C=O) groups excluding carboxylic acids is 2. The summed E-state index contributed by atoms with van der Waals surface area (Å²) >= 11 is 0. The lowest BCUT2D eigenvalue weighted by atomic mass is 10.1. The maximum Gasteiger partial charge on any atom is 0.265 e. The molecule has 2 aliphatic rings. The minimum absolute atomic E-state index is 0.00215. The maximum atomic E-state index is 12.1. The van der Waals surface area contributed by atoms with E-state index < -0.39 is 0 Å². The number of benzene rings is 1. The molecule has 1 N–H and O–H groups in total. The van der Waals surface area contributed by atoms with Crippen LogP contribution in [0.1, 0.15) is 26.2 Å². The number of anilines is 1. The Kier molecular flexibility index (Phi) is 4.81. The molecule has 124 valence electrons. The Hall–Kier alpha value is -2.08. The van der Waals surface area contributed by atoms with Crippen LogP contribution in [0.3, 0.4) is 0 Å². The number of amides is 2. The zero-order chi connectivity index (χ0) is 16.2. The van der Waals surface area contributed by atoms with Crippen LogP contribution in [0.5, 0.6) is 5.75 Å². The predicted octanol–water partition coefficient (Wildman–Crippen LogP) is 1.49. The van der Waals surface area contributed by atoms with E-state index in [-0.39, 0.29) is 37.0 Å². The van der Waals surface area contributed by atoms with E-state index in [2.05, 4.69) is 5.32 Å². The van der Waals surface area contributed by atoms with Crippen molar-refractivity contribution < 1.29 is 19.1 Å². The summed E-state index contributed by atoms with van der Waals surface area (Å²) in [4.78, 5) is 25.8. The SMILES string of the molecule is CC(NC(=O)CCN1C(=O)COc2ccccc21)C1CCCO1. The van der Waals surface area contributed by atoms with Crippen molar-refractivity contribution in [2.45, 2.75) is 38.3 Å². The first-order valence-electron chi connectivity index (χ1n) is 8.08. The molecule has 6 heteroatoms. The van der Waals surface area contributed by atoms with E-state index in [1.807, 2.05) is 31.2 Å². The lowest BCUT2D eigenvalue weighted by Gasteiger charge is -2.29. The van der Waals surface area contributed by atoms with Gasteiger partial charge in [0.2, 0.25) is 5.91 Å². The third kappa shape index (κ3) is 3.64. The molecule has 0 aliphatic carbocycles. The molecule has 2 heterocycles. The van der Waals surface area contributed by atoms with Crippen LogP contribution >= 0.6 is 0 Å². The van der Waals surface area contributed by atoms with Gasteiger partial charge in [-0.1, -0.05) is 12.1 Å². The Morgan fingerprint density at radius 2 is 2.26 bits per heavy atom. The highest BCUT2D eigenvalue weighted by Crippen LogP contribution is 2.31. The van der Waals surface area contributed by atoms with E-state index in [4.69, 9.17) is 9.47 Å². The molecule has 3 rings (SSSR count). The Morgan fingerprint density at radius 1 is 1.43 bits per heavy atom. The van der Waals surface area contributed by atoms with Gasteiger partial charge in [-0.2, -0.15) is 0 Å². The van der Waals surface area contributed by atoms with Gasteiger partial charge in [-0.25, -0.2) is 0 Å². The molecule has 1 aromatic rings. The highest BCUT2D eigenvalue weighted by atomic mass is 16.5. The van der Waals surface area contributed by atoms with Crippen molar-refractivity contribution in [1.82, 2.24) is 5.32 Å². The quantitative estimate of drug-likeness (QED) is 0.893. The predicted molar refractivity (Wildman–Crippen MR) is 85.5 cm³/mol. The zero-order valence-corrected chi connectivity index (χ0v) is 13.3. The molecule has 23 heavy (non-hydrogen) atoms. The molecular weight excluding hydrogens is 296 g/mol. The molecule has 1 fully saturated rings. The van der Waals surface area contributed by atoms with Gasteiger partial charge in [-0.05, 0) is 31.9 Å². The van der Waals surface area contributed by atoms with E-state index >= 15 is 0 Å². The minimum atomic E-state index is -0.122. The monoisotopic (exact) mass is 318 g/mol. The second-order valence-corrected chi connectivity index (χ2v) is 5.96. The van der Waals surface area contributed by atoms with Crippen LogP contribution in [-0.2, 0) is 14.3 Å². The molecule has 0 bridgehead atoms. The van der Waals surface area contributed by atoms with Crippen LogP contribution in [0.25, 0.3) is 0 Å². The normalized spacial score (nSPS) is 21.5. The van der Waals surface area contributed by atoms with Gasteiger partial charge in [0.25, 0.3) is 5.91 Å². The van der Waals surface area contributed by atoms with Gasteiger partial charge in [0.05, 0.1) is 17.8 Å². The number of ether oxygens (including phenoxy) is 2. The molecule has 2 unspecified atom stereocenters. The van der Waals surface area contributed by atoms with Gasteiger partial charge >= 0.3 is 0 Å². The Bertz CT molecular complexity index is 584. The summed E-state index contributed by atoms with van der Waals surface area (Å²) in [5.41, 5.74) is 0.726. The summed E-state index contributed by atoms with van der Waals surface area (Å²) in [6.45, 7) is 3.10. The molecule has 0 spiro atoms. The fourth-order valence-corrected chi connectivity index (χ4v) is 3.03. The molecule has 2 aliphatic heterocycles. The summed E-state index contributed by atoms with van der Waals surface area (Å²) in [6.07, 6.45) is 2.39. The third-order valence-corrected chi connectivity index (χ3v) is 4.28. The first-order chi connectivity index (χ1) is 11.1. The van der Waals surface area contributed by atoms with Crippen LogP contribution in [0, 0.1) is 0 Å². The lowest BCUT2D eigenvalue weighted by molar-refractivity contribution is -0.123. The van der Waals surface area contributed by atoms with Gasteiger partial charge in [0, 0.05) is 19.6 Å². The summed E-state index contributed by atoms with van der Waals surface area (Å²) in [6, 6.07) is 7.38. The first kappa shape index (κ1) is 15.8. The van der Waals surface area contributed by atoms with Crippen LogP contribution in [0.4, 0.5) is 5.69 Å². The van der Waals surface area contributed by atoms with Gasteiger partial charge in [-0.3, -0.25) is 9.59 Å². The summed E-state index contributed by atoms with van der Waals surface area (Å²) < 4.78 is 11.0. The number of hydrogen-bond acceptors (Lipinski definition) is 4. The van der Waals surface area contributed by atoms with Crippen molar-refractivity contribution in [1.29, 1.82) is 0 Å². The molecule has 0 radical (unpaired) electrons. The molecule has 0 saturated carbocycles. The molecule has 2 amide bonds. The van der Waals surface area contributed by atoms with Crippen LogP contribution < -0.4 is 15.0 Å². The average Bonchev–Trinajstić information content (AvgIpc) is 3.08. The number of para-hydroxylation sites is 2. The van der Waals surface area contributed by atoms with Crippen molar-refractivity contribution in [2.75, 3.05) is 24.7 Å². The summed E-state index contributed by atoms with van der Waals surface area (Å²) in [7, 11) is 0. The van der Waals surface area contributed by atoms with E-state index in [1.165, 1.54) is 0 Å². The molecule has 0 aromatic heterocycles. The number of carbonyl (C=O) groups is 2. The number of hydrogen-bond donors (Lipinski definition) is 1. The van der Waals surface area contributed by atoms with E-state index in [1.54, 1.807) is 4.90 Å². The van der Waals surface area contributed by atoms with Gasteiger partial charge in [0.15, 0.2) is 6.61 Å². The van der Waals surface area contributed by atoms with Gasteiger partial charge in [-0.15, -0.1) is 0 Å².